The van der Waals surface area contributed by atoms with Gasteiger partial charge in [-0.05, 0) is 25.0 Å². The number of hydrogen-bond acceptors (Lipinski definition) is 3. The highest BCUT2D eigenvalue weighted by molar-refractivity contribution is 5.92. The van der Waals surface area contributed by atoms with Crippen molar-refractivity contribution in [2.45, 2.75) is 44.6 Å². The van der Waals surface area contributed by atoms with E-state index in [1.807, 2.05) is 6.07 Å². The summed E-state index contributed by atoms with van der Waals surface area (Å²) < 4.78 is 0. The number of anilines is 1. The first-order valence-corrected chi connectivity index (χ1v) is 7.41. The van der Waals surface area contributed by atoms with Crippen molar-refractivity contribution in [2.75, 3.05) is 11.9 Å². The molecule has 1 aromatic rings. The van der Waals surface area contributed by atoms with E-state index in [0.717, 1.165) is 18.5 Å². The number of hydrogen-bond donors (Lipinski definition) is 2. The quantitative estimate of drug-likeness (QED) is 0.640. The van der Waals surface area contributed by atoms with Gasteiger partial charge in [0, 0.05) is 12.6 Å². The van der Waals surface area contributed by atoms with Crippen molar-refractivity contribution >= 4 is 11.6 Å². The second-order valence-corrected chi connectivity index (χ2v) is 5.26. The molecule has 1 aliphatic rings. The van der Waals surface area contributed by atoms with E-state index < -0.39 is 0 Å². The fourth-order valence-corrected chi connectivity index (χ4v) is 2.51. The zero-order valence-corrected chi connectivity index (χ0v) is 11.9. The molecule has 1 amide bonds. The Bertz CT molecular complexity index is 434. The molecule has 0 bridgehead atoms. The van der Waals surface area contributed by atoms with Crippen LogP contribution in [0.2, 0.25) is 0 Å². The third-order valence-electron chi connectivity index (χ3n) is 3.64. The van der Waals surface area contributed by atoms with Crippen LogP contribution in [-0.4, -0.2) is 23.5 Å². The minimum Gasteiger partial charge on any atom is -0.380 e. The molecule has 0 aromatic carbocycles. The Morgan fingerprint density at radius 1 is 1.30 bits per heavy atom. The van der Waals surface area contributed by atoms with Crippen LogP contribution in [0.25, 0.3) is 0 Å². The van der Waals surface area contributed by atoms with Crippen LogP contribution in [0.15, 0.2) is 31.0 Å². The summed E-state index contributed by atoms with van der Waals surface area (Å²) in [7, 11) is 0. The monoisotopic (exact) mass is 273 g/mol. The van der Waals surface area contributed by atoms with Gasteiger partial charge in [-0.15, -0.1) is 6.58 Å². The molecule has 2 N–H and O–H groups in total. The number of rotatable bonds is 5. The van der Waals surface area contributed by atoms with Crippen LogP contribution in [0.3, 0.4) is 0 Å². The first-order chi connectivity index (χ1) is 9.79. The lowest BCUT2D eigenvalue weighted by molar-refractivity contribution is 0.0928. The molecule has 1 heterocycles. The first-order valence-electron chi connectivity index (χ1n) is 7.41. The standard InChI is InChI=1S/C16H23N3O/c1-2-11-17-14-9-10-15(18-12-14)16(20)19-13-7-5-3-4-6-8-13/h2,9-10,12-13,17H,1,3-8,11H2,(H,19,20). The first kappa shape index (κ1) is 14.6. The molecule has 0 radical (unpaired) electrons. The Morgan fingerprint density at radius 3 is 2.65 bits per heavy atom. The van der Waals surface area contributed by atoms with E-state index in [1.54, 1.807) is 18.3 Å². The number of amides is 1. The smallest absolute Gasteiger partial charge is 0.270 e. The van der Waals surface area contributed by atoms with E-state index in [0.29, 0.717) is 18.3 Å². The van der Waals surface area contributed by atoms with Crippen LogP contribution in [0, 0.1) is 0 Å². The lowest BCUT2D eigenvalue weighted by Gasteiger charge is -2.15. The van der Waals surface area contributed by atoms with Crippen molar-refractivity contribution in [3.05, 3.63) is 36.7 Å². The van der Waals surface area contributed by atoms with Crippen LogP contribution in [0.1, 0.15) is 49.0 Å². The van der Waals surface area contributed by atoms with Crippen LogP contribution in [0.5, 0.6) is 0 Å². The maximum Gasteiger partial charge on any atom is 0.270 e. The highest BCUT2D eigenvalue weighted by Crippen LogP contribution is 2.17. The molecule has 4 heteroatoms. The van der Waals surface area contributed by atoms with Gasteiger partial charge in [-0.3, -0.25) is 4.79 Å². The molecule has 4 nitrogen and oxygen atoms in total. The topological polar surface area (TPSA) is 54.0 Å². The fourth-order valence-electron chi connectivity index (χ4n) is 2.51. The lowest BCUT2D eigenvalue weighted by Crippen LogP contribution is -2.34. The number of aromatic nitrogens is 1. The highest BCUT2D eigenvalue weighted by Gasteiger charge is 2.16. The van der Waals surface area contributed by atoms with E-state index in [1.165, 1.54) is 25.7 Å². The molecule has 20 heavy (non-hydrogen) atoms. The molecule has 1 saturated carbocycles. The minimum absolute atomic E-state index is 0.0628. The molecule has 2 rings (SSSR count). The molecule has 0 saturated heterocycles. The third-order valence-corrected chi connectivity index (χ3v) is 3.64. The van der Waals surface area contributed by atoms with Gasteiger partial charge in [0.05, 0.1) is 11.9 Å². The molecule has 1 aliphatic carbocycles. The van der Waals surface area contributed by atoms with Crippen molar-refractivity contribution < 1.29 is 4.79 Å². The summed E-state index contributed by atoms with van der Waals surface area (Å²) in [4.78, 5) is 16.4. The van der Waals surface area contributed by atoms with Gasteiger partial charge < -0.3 is 10.6 Å². The van der Waals surface area contributed by atoms with Gasteiger partial charge >= 0.3 is 0 Å². The van der Waals surface area contributed by atoms with Gasteiger partial charge in [0.15, 0.2) is 0 Å². The minimum atomic E-state index is -0.0628. The average Bonchev–Trinajstić information content (AvgIpc) is 2.74. The van der Waals surface area contributed by atoms with Crippen molar-refractivity contribution in [1.29, 1.82) is 0 Å². The van der Waals surface area contributed by atoms with Gasteiger partial charge in [-0.2, -0.15) is 0 Å². The summed E-state index contributed by atoms with van der Waals surface area (Å²) in [6.07, 6.45) is 10.6. The fraction of sp³-hybridized carbons (Fsp3) is 0.500. The second kappa shape index (κ2) is 7.68. The zero-order chi connectivity index (χ0) is 14.2. The highest BCUT2D eigenvalue weighted by atomic mass is 16.1. The maximum atomic E-state index is 12.1. The summed E-state index contributed by atoms with van der Waals surface area (Å²) in [5.41, 5.74) is 1.38. The van der Waals surface area contributed by atoms with Gasteiger partial charge in [0.25, 0.3) is 5.91 Å². The molecule has 1 fully saturated rings. The Balaban J connectivity index is 1.89. The van der Waals surface area contributed by atoms with E-state index in [2.05, 4.69) is 22.2 Å². The number of pyridine rings is 1. The predicted octanol–water partition coefficient (Wildman–Crippen LogP) is 3.13. The summed E-state index contributed by atoms with van der Waals surface area (Å²) >= 11 is 0. The van der Waals surface area contributed by atoms with E-state index in [-0.39, 0.29) is 5.91 Å². The van der Waals surface area contributed by atoms with Gasteiger partial charge in [-0.25, -0.2) is 4.98 Å². The molecule has 1 aromatic heterocycles. The van der Waals surface area contributed by atoms with Crippen LogP contribution in [-0.2, 0) is 0 Å². The van der Waals surface area contributed by atoms with Crippen molar-refractivity contribution in [2.24, 2.45) is 0 Å². The molecule has 108 valence electrons. The Labute approximate surface area is 120 Å². The van der Waals surface area contributed by atoms with E-state index >= 15 is 0 Å². The van der Waals surface area contributed by atoms with Crippen molar-refractivity contribution in [3.8, 4) is 0 Å². The molecule has 0 unspecified atom stereocenters. The largest absolute Gasteiger partial charge is 0.380 e. The van der Waals surface area contributed by atoms with Crippen LogP contribution < -0.4 is 10.6 Å². The van der Waals surface area contributed by atoms with E-state index in [9.17, 15) is 4.79 Å². The maximum absolute atomic E-state index is 12.1. The summed E-state index contributed by atoms with van der Waals surface area (Å²) in [5, 5.41) is 6.24. The summed E-state index contributed by atoms with van der Waals surface area (Å²) in [6, 6.07) is 3.95. The van der Waals surface area contributed by atoms with Crippen LogP contribution >= 0.6 is 0 Å². The van der Waals surface area contributed by atoms with Gasteiger partial charge in [0.1, 0.15) is 5.69 Å². The average molecular weight is 273 g/mol. The summed E-state index contributed by atoms with van der Waals surface area (Å²) in [5.74, 6) is -0.0628. The molecule has 0 atom stereocenters. The van der Waals surface area contributed by atoms with Crippen LogP contribution in [0.4, 0.5) is 5.69 Å². The Hall–Kier alpha value is -1.84. The normalized spacial score (nSPS) is 16.2. The zero-order valence-electron chi connectivity index (χ0n) is 11.9. The molecular formula is C16H23N3O. The number of carbonyl (C=O) groups excluding carboxylic acids is 1. The number of nitrogens with one attached hydrogen (secondary N) is 2. The van der Waals surface area contributed by atoms with Gasteiger partial charge in [-0.1, -0.05) is 31.8 Å². The Morgan fingerprint density at radius 2 is 2.05 bits per heavy atom. The molecular weight excluding hydrogens is 250 g/mol. The Kier molecular flexibility index (Phi) is 5.59. The molecule has 0 spiro atoms. The third kappa shape index (κ3) is 4.37. The van der Waals surface area contributed by atoms with E-state index in [4.69, 9.17) is 0 Å². The number of nitrogens with zero attached hydrogens (tertiary/aromatic N) is 1. The van der Waals surface area contributed by atoms with Gasteiger partial charge in [0.2, 0.25) is 0 Å². The summed E-state index contributed by atoms with van der Waals surface area (Å²) in [6.45, 7) is 4.34. The number of carbonyl (C=O) groups is 1. The molecule has 0 aliphatic heterocycles. The second-order valence-electron chi connectivity index (χ2n) is 5.26. The SMILES string of the molecule is C=CCNc1ccc(C(=O)NC2CCCCCC2)nc1. The van der Waals surface area contributed by atoms with Crippen molar-refractivity contribution in [1.82, 2.24) is 10.3 Å². The predicted molar refractivity (Wildman–Crippen MR) is 81.9 cm³/mol. The lowest BCUT2D eigenvalue weighted by atomic mass is 10.1. The van der Waals surface area contributed by atoms with Crippen molar-refractivity contribution in [3.63, 3.8) is 0 Å².